The normalized spacial score (nSPS) is 10.2. The zero-order valence-corrected chi connectivity index (χ0v) is 13.5. The summed E-state index contributed by atoms with van der Waals surface area (Å²) < 4.78 is 13.5. The smallest absolute Gasteiger partial charge is 0.225 e. The van der Waals surface area contributed by atoms with Crippen molar-refractivity contribution in [2.75, 3.05) is 16.4 Å². The summed E-state index contributed by atoms with van der Waals surface area (Å²) in [6, 6.07) is 13.9. The minimum atomic E-state index is -0.544. The molecule has 0 saturated carbocycles. The lowest BCUT2D eigenvalue weighted by Crippen LogP contribution is -2.13. The van der Waals surface area contributed by atoms with Crippen molar-refractivity contribution in [2.24, 2.45) is 0 Å². The molecule has 0 unspecified atom stereocenters. The minimum absolute atomic E-state index is 0.0500. The average Bonchev–Trinajstić information content (AvgIpc) is 2.51. The number of halogens is 1. The van der Waals surface area contributed by atoms with Crippen LogP contribution in [0, 0.1) is 5.82 Å². The quantitative estimate of drug-likeness (QED) is 0.789. The van der Waals surface area contributed by atoms with E-state index in [1.165, 1.54) is 25.1 Å². The number of rotatable bonds is 6. The van der Waals surface area contributed by atoms with Gasteiger partial charge in [-0.15, -0.1) is 11.8 Å². The van der Waals surface area contributed by atoms with Gasteiger partial charge in [0, 0.05) is 29.7 Å². The van der Waals surface area contributed by atoms with E-state index in [-0.39, 0.29) is 17.5 Å². The van der Waals surface area contributed by atoms with Crippen molar-refractivity contribution >= 4 is 35.0 Å². The molecular weight excluding hydrogens is 315 g/mol. The molecule has 0 heterocycles. The summed E-state index contributed by atoms with van der Waals surface area (Å²) in [5.41, 5.74) is 0.499. The van der Waals surface area contributed by atoms with E-state index in [0.717, 1.165) is 4.90 Å². The lowest BCUT2D eigenvalue weighted by Gasteiger charge is -2.09. The number of hydrogen-bond donors (Lipinski definition) is 2. The van der Waals surface area contributed by atoms with Crippen LogP contribution in [0.5, 0.6) is 0 Å². The lowest BCUT2D eigenvalue weighted by atomic mass is 10.2. The van der Waals surface area contributed by atoms with Gasteiger partial charge < -0.3 is 10.6 Å². The van der Waals surface area contributed by atoms with Crippen LogP contribution in [-0.2, 0) is 9.59 Å². The first-order valence-corrected chi connectivity index (χ1v) is 8.08. The zero-order chi connectivity index (χ0) is 16.7. The van der Waals surface area contributed by atoms with Gasteiger partial charge in [-0.05, 0) is 30.3 Å². The molecule has 0 saturated heterocycles. The van der Waals surface area contributed by atoms with Crippen LogP contribution >= 0.6 is 11.8 Å². The average molecular weight is 332 g/mol. The highest BCUT2D eigenvalue weighted by Gasteiger charge is 2.08. The molecule has 0 bridgehead atoms. The van der Waals surface area contributed by atoms with Gasteiger partial charge in [-0.1, -0.05) is 18.2 Å². The first-order chi connectivity index (χ1) is 11.0. The molecule has 0 radical (unpaired) electrons. The van der Waals surface area contributed by atoms with E-state index in [4.69, 9.17) is 0 Å². The summed E-state index contributed by atoms with van der Waals surface area (Å²) in [5, 5.41) is 5.08. The van der Waals surface area contributed by atoms with Crippen molar-refractivity contribution in [3.63, 3.8) is 0 Å². The Morgan fingerprint density at radius 1 is 1.09 bits per heavy atom. The van der Waals surface area contributed by atoms with Crippen LogP contribution in [-0.4, -0.2) is 17.6 Å². The first kappa shape index (κ1) is 17.0. The monoisotopic (exact) mass is 332 g/mol. The standard InChI is InChI=1S/C17H17FN2O2S/c1-12(21)19-16-11-13(7-8-15(16)18)20-17(22)9-10-23-14-5-3-2-4-6-14/h2-8,11H,9-10H2,1H3,(H,19,21)(H,20,22). The van der Waals surface area contributed by atoms with Crippen LogP contribution in [0.4, 0.5) is 15.8 Å². The summed E-state index contributed by atoms with van der Waals surface area (Å²) in [6.07, 6.45) is 0.340. The Hall–Kier alpha value is -2.34. The van der Waals surface area contributed by atoms with E-state index < -0.39 is 5.82 Å². The van der Waals surface area contributed by atoms with Gasteiger partial charge in [0.1, 0.15) is 5.82 Å². The molecule has 2 N–H and O–H groups in total. The highest BCUT2D eigenvalue weighted by atomic mass is 32.2. The molecule has 23 heavy (non-hydrogen) atoms. The third-order valence-electron chi connectivity index (χ3n) is 2.90. The van der Waals surface area contributed by atoms with Gasteiger partial charge in [0.05, 0.1) is 5.69 Å². The maximum Gasteiger partial charge on any atom is 0.225 e. The molecule has 6 heteroatoms. The predicted octanol–water partition coefficient (Wildman–Crippen LogP) is 3.91. The number of thioether (sulfide) groups is 1. The second-order valence-corrected chi connectivity index (χ2v) is 6.00. The van der Waals surface area contributed by atoms with Crippen LogP contribution in [0.1, 0.15) is 13.3 Å². The molecule has 0 fully saturated rings. The molecule has 0 aliphatic carbocycles. The minimum Gasteiger partial charge on any atom is -0.326 e. The maximum atomic E-state index is 13.5. The van der Waals surface area contributed by atoms with Gasteiger partial charge in [-0.2, -0.15) is 0 Å². The molecule has 0 spiro atoms. The zero-order valence-electron chi connectivity index (χ0n) is 12.6. The van der Waals surface area contributed by atoms with Crippen molar-refractivity contribution in [3.8, 4) is 0 Å². The van der Waals surface area contributed by atoms with E-state index in [1.54, 1.807) is 11.8 Å². The van der Waals surface area contributed by atoms with Gasteiger partial charge >= 0.3 is 0 Å². The lowest BCUT2D eigenvalue weighted by molar-refractivity contribution is -0.116. The van der Waals surface area contributed by atoms with Crippen molar-refractivity contribution in [1.82, 2.24) is 0 Å². The fourth-order valence-electron chi connectivity index (χ4n) is 1.89. The number of nitrogens with one attached hydrogen (secondary N) is 2. The Bertz CT molecular complexity index is 692. The van der Waals surface area contributed by atoms with Crippen molar-refractivity contribution < 1.29 is 14.0 Å². The Balaban J connectivity index is 1.86. The molecule has 2 rings (SSSR count). The number of anilines is 2. The summed E-state index contributed by atoms with van der Waals surface area (Å²) >= 11 is 1.60. The number of carbonyl (C=O) groups excluding carboxylic acids is 2. The van der Waals surface area contributed by atoms with Gasteiger partial charge in [0.2, 0.25) is 11.8 Å². The van der Waals surface area contributed by atoms with Gasteiger partial charge in [-0.3, -0.25) is 9.59 Å². The van der Waals surface area contributed by atoms with Crippen LogP contribution < -0.4 is 10.6 Å². The SMILES string of the molecule is CC(=O)Nc1cc(NC(=O)CCSc2ccccc2)ccc1F. The molecule has 0 aromatic heterocycles. The van der Waals surface area contributed by atoms with E-state index in [1.807, 2.05) is 30.3 Å². The fourth-order valence-corrected chi connectivity index (χ4v) is 2.76. The summed E-state index contributed by atoms with van der Waals surface area (Å²) in [4.78, 5) is 24.0. The molecule has 2 amide bonds. The first-order valence-electron chi connectivity index (χ1n) is 7.09. The van der Waals surface area contributed by atoms with E-state index in [0.29, 0.717) is 17.9 Å². The largest absolute Gasteiger partial charge is 0.326 e. The number of carbonyl (C=O) groups is 2. The molecule has 2 aromatic rings. The summed E-state index contributed by atoms with van der Waals surface area (Å²) in [6.45, 7) is 1.30. The molecule has 4 nitrogen and oxygen atoms in total. The molecule has 0 atom stereocenters. The van der Waals surface area contributed by atoms with Gasteiger partial charge in [0.25, 0.3) is 0 Å². The number of hydrogen-bond acceptors (Lipinski definition) is 3. The molecular formula is C17H17FN2O2S. The Labute approximate surface area is 138 Å². The Morgan fingerprint density at radius 2 is 1.83 bits per heavy atom. The van der Waals surface area contributed by atoms with E-state index >= 15 is 0 Å². The second kappa shape index (κ2) is 8.33. The second-order valence-electron chi connectivity index (χ2n) is 4.84. The molecule has 120 valence electrons. The van der Waals surface area contributed by atoms with Gasteiger partial charge in [0.15, 0.2) is 0 Å². The number of amides is 2. The molecule has 2 aromatic carbocycles. The maximum absolute atomic E-state index is 13.5. The third-order valence-corrected chi connectivity index (χ3v) is 3.92. The van der Waals surface area contributed by atoms with Gasteiger partial charge in [-0.25, -0.2) is 4.39 Å². The third kappa shape index (κ3) is 5.75. The van der Waals surface area contributed by atoms with Crippen LogP contribution in [0.2, 0.25) is 0 Å². The van der Waals surface area contributed by atoms with E-state index in [9.17, 15) is 14.0 Å². The van der Waals surface area contributed by atoms with Crippen molar-refractivity contribution in [3.05, 3.63) is 54.3 Å². The Kier molecular flexibility index (Phi) is 6.17. The molecule has 0 aliphatic heterocycles. The van der Waals surface area contributed by atoms with E-state index in [2.05, 4.69) is 10.6 Å². The number of benzene rings is 2. The summed E-state index contributed by atoms with van der Waals surface area (Å²) in [5.74, 6) is -0.423. The Morgan fingerprint density at radius 3 is 2.52 bits per heavy atom. The fraction of sp³-hybridized carbons (Fsp3) is 0.176. The highest BCUT2D eigenvalue weighted by Crippen LogP contribution is 2.21. The van der Waals surface area contributed by atoms with Crippen LogP contribution in [0.25, 0.3) is 0 Å². The molecule has 0 aliphatic rings. The van der Waals surface area contributed by atoms with Crippen LogP contribution in [0.3, 0.4) is 0 Å². The van der Waals surface area contributed by atoms with Crippen LogP contribution in [0.15, 0.2) is 53.4 Å². The summed E-state index contributed by atoms with van der Waals surface area (Å²) in [7, 11) is 0. The highest BCUT2D eigenvalue weighted by molar-refractivity contribution is 7.99. The predicted molar refractivity (Wildman–Crippen MR) is 91.1 cm³/mol. The van der Waals surface area contributed by atoms with Crippen molar-refractivity contribution in [2.45, 2.75) is 18.2 Å². The topological polar surface area (TPSA) is 58.2 Å². The van der Waals surface area contributed by atoms with Crippen molar-refractivity contribution in [1.29, 1.82) is 0 Å².